The summed E-state index contributed by atoms with van der Waals surface area (Å²) in [5, 5.41) is 6.31. The lowest BCUT2D eigenvalue weighted by molar-refractivity contribution is -0.113. The first-order chi connectivity index (χ1) is 11.2. The van der Waals surface area contributed by atoms with Gasteiger partial charge < -0.3 is 15.0 Å². The quantitative estimate of drug-likeness (QED) is 0.776. The van der Waals surface area contributed by atoms with Crippen molar-refractivity contribution in [3.05, 3.63) is 54.0 Å². The van der Waals surface area contributed by atoms with E-state index in [4.69, 9.17) is 0 Å². The number of pyridine rings is 1. The van der Waals surface area contributed by atoms with E-state index in [0.29, 0.717) is 12.3 Å². The summed E-state index contributed by atoms with van der Waals surface area (Å²) in [4.78, 5) is 17.0. The van der Waals surface area contributed by atoms with Gasteiger partial charge in [0.25, 0.3) is 0 Å². The Kier molecular flexibility index (Phi) is 3.46. The Bertz CT molecular complexity index is 903. The van der Waals surface area contributed by atoms with Gasteiger partial charge in [0.15, 0.2) is 0 Å². The highest BCUT2D eigenvalue weighted by Gasteiger charge is 2.15. The average Bonchev–Trinajstić information content (AvgIpc) is 2.94. The molecule has 23 heavy (non-hydrogen) atoms. The van der Waals surface area contributed by atoms with Crippen LogP contribution < -0.4 is 10.6 Å². The third kappa shape index (κ3) is 2.77. The normalized spacial score (nSPS) is 13.7. The van der Waals surface area contributed by atoms with Crippen LogP contribution in [-0.2, 0) is 11.3 Å². The lowest BCUT2D eigenvalue weighted by atomic mass is 10.2. The zero-order chi connectivity index (χ0) is 15.8. The summed E-state index contributed by atoms with van der Waals surface area (Å²) in [5.74, 6) is 0.540. The number of anilines is 2. The molecular formula is C17H16N4OS. The predicted octanol–water partition coefficient (Wildman–Crippen LogP) is 3.30. The Balaban J connectivity index is 1.54. The number of nitrogens with zero attached hydrogens (tertiary/aromatic N) is 2. The molecule has 1 amide bonds. The van der Waals surface area contributed by atoms with Crippen LogP contribution in [0.15, 0.2) is 47.6 Å². The van der Waals surface area contributed by atoms with Crippen LogP contribution in [0.2, 0.25) is 0 Å². The van der Waals surface area contributed by atoms with Gasteiger partial charge in [-0.05, 0) is 42.8 Å². The van der Waals surface area contributed by atoms with Crippen molar-refractivity contribution >= 4 is 34.7 Å². The molecule has 116 valence electrons. The minimum absolute atomic E-state index is 0.0526. The molecule has 0 radical (unpaired) electrons. The Labute approximate surface area is 138 Å². The highest BCUT2D eigenvalue weighted by Crippen LogP contribution is 2.33. The number of aryl methyl sites for hydroxylation is 1. The van der Waals surface area contributed by atoms with Crippen molar-refractivity contribution in [1.29, 1.82) is 0 Å². The van der Waals surface area contributed by atoms with Crippen molar-refractivity contribution in [2.75, 3.05) is 16.4 Å². The molecule has 0 fully saturated rings. The first kappa shape index (κ1) is 14.1. The summed E-state index contributed by atoms with van der Waals surface area (Å²) in [6.45, 7) is 2.73. The Morgan fingerprint density at radius 3 is 3.17 bits per heavy atom. The number of nitrogens with one attached hydrogen (secondary N) is 2. The molecule has 0 saturated heterocycles. The molecule has 2 aromatic heterocycles. The molecule has 0 saturated carbocycles. The third-order valence-corrected chi connectivity index (χ3v) is 4.90. The summed E-state index contributed by atoms with van der Waals surface area (Å²) in [5.41, 5.74) is 5.11. The standard InChI is InChI=1S/C17H16N4OS/c1-11-4-5-21-13(9-19-16(21)6-11)8-18-12-2-3-15-14(7-12)20-17(22)10-23-15/h2-7,9,18H,8,10H2,1H3,(H,20,22). The zero-order valence-electron chi connectivity index (χ0n) is 12.7. The van der Waals surface area contributed by atoms with Crippen LogP contribution in [0.25, 0.3) is 5.65 Å². The SMILES string of the molecule is Cc1ccn2c(CNc3ccc4c(c3)NC(=O)CS4)cnc2c1. The molecule has 1 aromatic carbocycles. The first-order valence-corrected chi connectivity index (χ1v) is 8.41. The van der Waals surface area contributed by atoms with Crippen LogP contribution in [0, 0.1) is 6.92 Å². The van der Waals surface area contributed by atoms with Crippen molar-refractivity contribution in [3.8, 4) is 0 Å². The number of fused-ring (bicyclic) bond motifs is 2. The second kappa shape index (κ2) is 5.62. The monoisotopic (exact) mass is 324 g/mol. The number of amides is 1. The van der Waals surface area contributed by atoms with Gasteiger partial charge in [0.05, 0.1) is 29.9 Å². The van der Waals surface area contributed by atoms with E-state index >= 15 is 0 Å². The zero-order valence-corrected chi connectivity index (χ0v) is 13.5. The molecule has 5 nitrogen and oxygen atoms in total. The minimum Gasteiger partial charge on any atom is -0.379 e. The fourth-order valence-electron chi connectivity index (χ4n) is 2.65. The average molecular weight is 324 g/mol. The number of hydrogen-bond acceptors (Lipinski definition) is 4. The molecule has 3 aromatic rings. The Morgan fingerprint density at radius 1 is 1.35 bits per heavy atom. The molecule has 0 spiro atoms. The van der Waals surface area contributed by atoms with Gasteiger partial charge in [-0.2, -0.15) is 0 Å². The summed E-state index contributed by atoms with van der Waals surface area (Å²) in [7, 11) is 0. The molecule has 0 atom stereocenters. The van der Waals surface area contributed by atoms with Crippen LogP contribution in [0.5, 0.6) is 0 Å². The summed E-state index contributed by atoms with van der Waals surface area (Å²) in [6.07, 6.45) is 3.93. The Morgan fingerprint density at radius 2 is 2.26 bits per heavy atom. The van der Waals surface area contributed by atoms with Crippen LogP contribution in [0.1, 0.15) is 11.3 Å². The number of carbonyl (C=O) groups is 1. The fourth-order valence-corrected chi connectivity index (χ4v) is 3.44. The lowest BCUT2D eigenvalue weighted by Crippen LogP contribution is -2.18. The molecule has 0 aliphatic carbocycles. The van der Waals surface area contributed by atoms with Crippen molar-refractivity contribution in [1.82, 2.24) is 9.38 Å². The van der Waals surface area contributed by atoms with E-state index in [-0.39, 0.29) is 5.91 Å². The summed E-state index contributed by atoms with van der Waals surface area (Å²) < 4.78 is 2.08. The summed E-state index contributed by atoms with van der Waals surface area (Å²) >= 11 is 1.57. The highest BCUT2D eigenvalue weighted by atomic mass is 32.2. The molecule has 6 heteroatoms. The Hall–Kier alpha value is -2.47. The van der Waals surface area contributed by atoms with Gasteiger partial charge in [-0.1, -0.05) is 0 Å². The van der Waals surface area contributed by atoms with E-state index in [2.05, 4.69) is 39.1 Å². The van der Waals surface area contributed by atoms with Crippen LogP contribution in [0.3, 0.4) is 0 Å². The molecule has 3 heterocycles. The van der Waals surface area contributed by atoms with Crippen LogP contribution >= 0.6 is 11.8 Å². The van der Waals surface area contributed by atoms with Crippen LogP contribution in [0.4, 0.5) is 11.4 Å². The molecule has 1 aliphatic rings. The number of aromatic nitrogens is 2. The van der Waals surface area contributed by atoms with Crippen molar-refractivity contribution in [2.24, 2.45) is 0 Å². The first-order valence-electron chi connectivity index (χ1n) is 7.42. The largest absolute Gasteiger partial charge is 0.379 e. The molecule has 0 unspecified atom stereocenters. The smallest absolute Gasteiger partial charge is 0.234 e. The van der Waals surface area contributed by atoms with Gasteiger partial charge >= 0.3 is 0 Å². The maximum absolute atomic E-state index is 11.5. The van der Waals surface area contributed by atoms with E-state index in [0.717, 1.165) is 27.6 Å². The maximum Gasteiger partial charge on any atom is 0.234 e. The number of rotatable bonds is 3. The van der Waals surface area contributed by atoms with Gasteiger partial charge in [0.2, 0.25) is 5.91 Å². The number of imidazole rings is 1. The van der Waals surface area contributed by atoms with Crippen molar-refractivity contribution in [2.45, 2.75) is 18.4 Å². The van der Waals surface area contributed by atoms with Crippen molar-refractivity contribution in [3.63, 3.8) is 0 Å². The number of benzene rings is 1. The van der Waals surface area contributed by atoms with E-state index in [1.165, 1.54) is 5.56 Å². The third-order valence-electron chi connectivity index (χ3n) is 3.83. The lowest BCUT2D eigenvalue weighted by Gasteiger charge is -2.17. The topological polar surface area (TPSA) is 58.4 Å². The second-order valence-electron chi connectivity index (χ2n) is 5.58. The highest BCUT2D eigenvalue weighted by molar-refractivity contribution is 8.00. The van der Waals surface area contributed by atoms with Crippen LogP contribution in [-0.4, -0.2) is 21.0 Å². The number of hydrogen-bond donors (Lipinski definition) is 2. The van der Waals surface area contributed by atoms with E-state index in [1.54, 1.807) is 11.8 Å². The summed E-state index contributed by atoms with van der Waals surface area (Å²) in [6, 6.07) is 10.2. The van der Waals surface area contributed by atoms with Crippen molar-refractivity contribution < 1.29 is 4.79 Å². The van der Waals surface area contributed by atoms with E-state index in [9.17, 15) is 4.79 Å². The second-order valence-corrected chi connectivity index (χ2v) is 6.60. The number of carbonyl (C=O) groups excluding carboxylic acids is 1. The molecule has 1 aliphatic heterocycles. The predicted molar refractivity (Wildman–Crippen MR) is 93.1 cm³/mol. The van der Waals surface area contributed by atoms with E-state index < -0.39 is 0 Å². The number of thioether (sulfide) groups is 1. The molecule has 2 N–H and O–H groups in total. The van der Waals surface area contributed by atoms with Gasteiger partial charge in [0, 0.05) is 16.8 Å². The minimum atomic E-state index is 0.0526. The molecule has 4 rings (SSSR count). The van der Waals surface area contributed by atoms with E-state index in [1.807, 2.05) is 30.6 Å². The molecular weight excluding hydrogens is 308 g/mol. The van der Waals surface area contributed by atoms with Gasteiger partial charge in [-0.25, -0.2) is 4.98 Å². The molecule has 0 bridgehead atoms. The van der Waals surface area contributed by atoms with Gasteiger partial charge in [-0.15, -0.1) is 11.8 Å². The van der Waals surface area contributed by atoms with Gasteiger partial charge in [-0.3, -0.25) is 4.79 Å². The van der Waals surface area contributed by atoms with Gasteiger partial charge in [0.1, 0.15) is 5.65 Å². The maximum atomic E-state index is 11.5. The fraction of sp³-hybridized carbons (Fsp3) is 0.176.